The Bertz CT molecular complexity index is 1250. The van der Waals surface area contributed by atoms with Gasteiger partial charge in [0.25, 0.3) is 5.91 Å². The van der Waals surface area contributed by atoms with E-state index in [9.17, 15) is 4.79 Å². The van der Waals surface area contributed by atoms with E-state index in [-0.39, 0.29) is 12.3 Å². The van der Waals surface area contributed by atoms with E-state index in [4.69, 9.17) is 22.1 Å². The quantitative estimate of drug-likeness (QED) is 0.405. The molecular weight excluding hydrogens is 470 g/mol. The molecule has 0 fully saturated rings. The van der Waals surface area contributed by atoms with Crippen molar-refractivity contribution in [2.24, 2.45) is 5.73 Å². The third-order valence-corrected chi connectivity index (χ3v) is 5.44. The van der Waals surface area contributed by atoms with Gasteiger partial charge in [0.1, 0.15) is 18.1 Å². The number of benzene rings is 2. The van der Waals surface area contributed by atoms with Crippen LogP contribution in [0, 0.1) is 0 Å². The summed E-state index contributed by atoms with van der Waals surface area (Å²) in [6.07, 6.45) is 3.25. The van der Waals surface area contributed by atoms with Crippen LogP contribution in [0.15, 0.2) is 65.4 Å². The number of ether oxygens (including phenoxy) is 1. The highest BCUT2D eigenvalue weighted by Crippen LogP contribution is 2.27. The molecule has 0 saturated heterocycles. The monoisotopic (exact) mass is 483 g/mol. The number of amides is 1. The van der Waals surface area contributed by atoms with Crippen molar-refractivity contribution in [3.8, 4) is 5.75 Å². The van der Waals surface area contributed by atoms with Crippen LogP contribution >= 0.6 is 27.5 Å². The van der Waals surface area contributed by atoms with E-state index in [1.165, 1.54) is 6.20 Å². The molecule has 2 aromatic carbocycles. The zero-order valence-corrected chi connectivity index (χ0v) is 17.8. The van der Waals surface area contributed by atoms with Gasteiger partial charge in [0.15, 0.2) is 0 Å². The summed E-state index contributed by atoms with van der Waals surface area (Å²) in [6, 6.07) is 14.4. The highest BCUT2D eigenvalue weighted by atomic mass is 79.9. The SMILES string of the molecule is NC(=O)c1cc(COc2ccc3nc(Nc4ccc(Br)c(Cl)c4)ncc3c2)ccn1. The lowest BCUT2D eigenvalue weighted by Crippen LogP contribution is -2.13. The van der Waals surface area contributed by atoms with Crippen LogP contribution in [-0.4, -0.2) is 20.9 Å². The van der Waals surface area contributed by atoms with E-state index in [0.29, 0.717) is 16.7 Å². The van der Waals surface area contributed by atoms with Crippen molar-refractivity contribution in [1.29, 1.82) is 0 Å². The number of nitrogens with one attached hydrogen (secondary N) is 1. The number of nitrogens with two attached hydrogens (primary N) is 1. The van der Waals surface area contributed by atoms with Crippen LogP contribution in [0.25, 0.3) is 10.9 Å². The molecule has 0 aliphatic heterocycles. The lowest BCUT2D eigenvalue weighted by atomic mass is 10.2. The number of hydrogen-bond donors (Lipinski definition) is 2. The van der Waals surface area contributed by atoms with Crippen molar-refractivity contribution >= 4 is 56.0 Å². The van der Waals surface area contributed by atoms with E-state index in [1.54, 1.807) is 24.4 Å². The van der Waals surface area contributed by atoms with Gasteiger partial charge in [0.05, 0.1) is 10.5 Å². The molecule has 9 heteroatoms. The minimum Gasteiger partial charge on any atom is -0.489 e. The summed E-state index contributed by atoms with van der Waals surface area (Å²) in [6.45, 7) is 0.277. The first kappa shape index (κ1) is 20.1. The first-order chi connectivity index (χ1) is 14.5. The Morgan fingerprint density at radius 1 is 1.13 bits per heavy atom. The second kappa shape index (κ2) is 8.64. The first-order valence-corrected chi connectivity index (χ1v) is 10.0. The van der Waals surface area contributed by atoms with E-state index in [0.717, 1.165) is 26.6 Å². The fraction of sp³-hybridized carbons (Fsp3) is 0.0476. The minimum atomic E-state index is -0.575. The number of anilines is 2. The first-order valence-electron chi connectivity index (χ1n) is 8.84. The Labute approximate surface area is 185 Å². The molecule has 0 aliphatic carbocycles. The maximum absolute atomic E-state index is 11.2. The van der Waals surface area contributed by atoms with Crippen LogP contribution in [0.1, 0.15) is 16.1 Å². The van der Waals surface area contributed by atoms with Crippen LogP contribution in [0.3, 0.4) is 0 Å². The number of fused-ring (bicyclic) bond motifs is 1. The number of carbonyl (C=O) groups is 1. The predicted molar refractivity (Wildman–Crippen MR) is 119 cm³/mol. The van der Waals surface area contributed by atoms with Crippen LogP contribution < -0.4 is 15.8 Å². The summed E-state index contributed by atoms with van der Waals surface area (Å²) in [4.78, 5) is 24.0. The predicted octanol–water partition coefficient (Wildman–Crippen LogP) is 4.86. The summed E-state index contributed by atoms with van der Waals surface area (Å²) >= 11 is 9.49. The molecule has 1 amide bonds. The van der Waals surface area contributed by atoms with Gasteiger partial charge in [-0.2, -0.15) is 0 Å². The molecule has 0 radical (unpaired) electrons. The number of hydrogen-bond acceptors (Lipinski definition) is 6. The van der Waals surface area contributed by atoms with Crippen molar-refractivity contribution in [3.63, 3.8) is 0 Å². The summed E-state index contributed by atoms with van der Waals surface area (Å²) in [7, 11) is 0. The molecule has 2 heterocycles. The lowest BCUT2D eigenvalue weighted by Gasteiger charge is -2.09. The molecule has 30 heavy (non-hydrogen) atoms. The number of primary amides is 1. The van der Waals surface area contributed by atoms with Gasteiger partial charge < -0.3 is 15.8 Å². The van der Waals surface area contributed by atoms with Crippen molar-refractivity contribution < 1.29 is 9.53 Å². The van der Waals surface area contributed by atoms with Crippen molar-refractivity contribution in [2.75, 3.05) is 5.32 Å². The molecule has 150 valence electrons. The molecule has 2 aromatic heterocycles. The van der Waals surface area contributed by atoms with Gasteiger partial charge in [-0.3, -0.25) is 9.78 Å². The second-order valence-electron chi connectivity index (χ2n) is 6.37. The van der Waals surface area contributed by atoms with Crippen LogP contribution in [0.4, 0.5) is 11.6 Å². The van der Waals surface area contributed by atoms with Crippen LogP contribution in [-0.2, 0) is 6.61 Å². The number of nitrogens with zero attached hydrogens (tertiary/aromatic N) is 3. The standard InChI is InChI=1S/C21H15BrClN5O2/c22-16-3-1-14(9-17(16)23)27-21-26-10-13-8-15(2-4-18(13)28-21)30-11-12-5-6-25-19(7-12)20(24)29/h1-10H,11H2,(H2,24,29)(H,26,27,28). The fourth-order valence-corrected chi connectivity index (χ4v) is 3.16. The third kappa shape index (κ3) is 4.67. The molecule has 0 unspecified atom stereocenters. The molecule has 0 aliphatic rings. The Morgan fingerprint density at radius 3 is 2.80 bits per heavy atom. The largest absolute Gasteiger partial charge is 0.489 e. The zero-order valence-electron chi connectivity index (χ0n) is 15.5. The Kier molecular flexibility index (Phi) is 5.78. The van der Waals surface area contributed by atoms with Gasteiger partial charge in [-0.15, -0.1) is 0 Å². The van der Waals surface area contributed by atoms with Gasteiger partial charge in [0, 0.05) is 27.9 Å². The Balaban J connectivity index is 1.48. The normalized spacial score (nSPS) is 10.7. The van der Waals surface area contributed by atoms with Gasteiger partial charge >= 0.3 is 0 Å². The average molecular weight is 485 g/mol. The number of halogens is 2. The molecular formula is C21H15BrClN5O2. The van der Waals surface area contributed by atoms with Gasteiger partial charge in [0.2, 0.25) is 5.95 Å². The number of rotatable bonds is 6. The van der Waals surface area contributed by atoms with Crippen molar-refractivity contribution in [3.05, 3.63) is 81.7 Å². The molecule has 3 N–H and O–H groups in total. The Morgan fingerprint density at radius 2 is 2.00 bits per heavy atom. The number of pyridine rings is 1. The summed E-state index contributed by atoms with van der Waals surface area (Å²) in [5, 5.41) is 4.57. The second-order valence-corrected chi connectivity index (χ2v) is 7.63. The topological polar surface area (TPSA) is 103 Å². The fourth-order valence-electron chi connectivity index (χ4n) is 2.73. The van der Waals surface area contributed by atoms with Gasteiger partial charge in [-0.25, -0.2) is 9.97 Å². The van der Waals surface area contributed by atoms with E-state index >= 15 is 0 Å². The molecule has 0 spiro atoms. The molecule has 7 nitrogen and oxygen atoms in total. The van der Waals surface area contributed by atoms with E-state index in [2.05, 4.69) is 36.2 Å². The Hall–Kier alpha value is -3.23. The molecule has 0 bridgehead atoms. The molecule has 0 atom stereocenters. The highest BCUT2D eigenvalue weighted by molar-refractivity contribution is 9.10. The summed E-state index contributed by atoms with van der Waals surface area (Å²) in [5.74, 6) is 0.545. The van der Waals surface area contributed by atoms with Crippen LogP contribution in [0.5, 0.6) is 5.75 Å². The molecule has 4 rings (SSSR count). The third-order valence-electron chi connectivity index (χ3n) is 4.21. The van der Waals surface area contributed by atoms with Crippen molar-refractivity contribution in [1.82, 2.24) is 15.0 Å². The maximum Gasteiger partial charge on any atom is 0.267 e. The maximum atomic E-state index is 11.2. The van der Waals surface area contributed by atoms with Gasteiger partial charge in [-0.05, 0) is 70.0 Å². The van der Waals surface area contributed by atoms with Gasteiger partial charge in [-0.1, -0.05) is 11.6 Å². The molecule has 4 aromatic rings. The average Bonchev–Trinajstić information content (AvgIpc) is 2.75. The lowest BCUT2D eigenvalue weighted by molar-refractivity contribution is 0.0995. The summed E-state index contributed by atoms with van der Waals surface area (Å²) in [5.41, 5.74) is 7.81. The summed E-state index contributed by atoms with van der Waals surface area (Å²) < 4.78 is 6.63. The smallest absolute Gasteiger partial charge is 0.267 e. The van der Waals surface area contributed by atoms with Crippen molar-refractivity contribution in [2.45, 2.75) is 6.61 Å². The number of aromatic nitrogens is 3. The van der Waals surface area contributed by atoms with E-state index < -0.39 is 5.91 Å². The number of carbonyl (C=O) groups excluding carboxylic acids is 1. The minimum absolute atomic E-state index is 0.204. The van der Waals surface area contributed by atoms with E-state index in [1.807, 2.05) is 30.3 Å². The zero-order chi connectivity index (χ0) is 21.1. The van der Waals surface area contributed by atoms with Crippen LogP contribution in [0.2, 0.25) is 5.02 Å². The highest BCUT2D eigenvalue weighted by Gasteiger charge is 2.06. The molecule has 0 saturated carbocycles.